The Hall–Kier alpha value is -1.75. The molecule has 0 radical (unpaired) electrons. The minimum atomic E-state index is -4.42. The number of thiophene rings is 1. The summed E-state index contributed by atoms with van der Waals surface area (Å²) in [5, 5.41) is 2.76. The van der Waals surface area contributed by atoms with E-state index in [-0.39, 0.29) is 11.4 Å². The molecule has 0 amide bonds. The standard InChI is InChI=1S/C17H15F3N2O2S3/c1-10-16(7-15(26-10)14-9-25-11(2)22-14)27(23,24)21-8-12-3-5-13(6-4-12)17(18,19)20/h3-7,9,21H,8H2,1-2H3. The Morgan fingerprint density at radius 3 is 2.37 bits per heavy atom. The van der Waals surface area contributed by atoms with Crippen molar-refractivity contribution in [1.82, 2.24) is 9.71 Å². The van der Waals surface area contributed by atoms with Gasteiger partial charge in [-0.2, -0.15) is 13.2 Å². The molecule has 0 aliphatic carbocycles. The number of halogens is 3. The molecule has 0 saturated carbocycles. The summed E-state index contributed by atoms with van der Waals surface area (Å²) in [5.41, 5.74) is 0.399. The second kappa shape index (κ2) is 7.34. The molecule has 10 heteroatoms. The zero-order valence-electron chi connectivity index (χ0n) is 14.3. The molecule has 27 heavy (non-hydrogen) atoms. The zero-order chi connectivity index (χ0) is 19.8. The minimum absolute atomic E-state index is 0.0963. The first-order valence-electron chi connectivity index (χ1n) is 7.75. The van der Waals surface area contributed by atoms with Crippen LogP contribution in [0.4, 0.5) is 13.2 Å². The van der Waals surface area contributed by atoms with E-state index in [1.807, 2.05) is 12.3 Å². The lowest BCUT2D eigenvalue weighted by Gasteiger charge is -2.09. The van der Waals surface area contributed by atoms with Gasteiger partial charge in [-0.15, -0.1) is 22.7 Å². The number of rotatable bonds is 5. The molecule has 1 N–H and O–H groups in total. The quantitative estimate of drug-likeness (QED) is 0.618. The van der Waals surface area contributed by atoms with Crippen molar-refractivity contribution in [2.75, 3.05) is 0 Å². The third kappa shape index (κ3) is 4.57. The van der Waals surface area contributed by atoms with E-state index in [1.165, 1.54) is 34.8 Å². The fourth-order valence-electron chi connectivity index (χ4n) is 2.40. The molecule has 4 nitrogen and oxygen atoms in total. The number of nitrogens with one attached hydrogen (secondary N) is 1. The Balaban J connectivity index is 1.76. The maximum absolute atomic E-state index is 12.6. The first-order valence-corrected chi connectivity index (χ1v) is 10.9. The Morgan fingerprint density at radius 1 is 1.15 bits per heavy atom. The highest BCUT2D eigenvalue weighted by Crippen LogP contribution is 2.34. The van der Waals surface area contributed by atoms with Gasteiger partial charge in [0.1, 0.15) is 0 Å². The van der Waals surface area contributed by atoms with Crippen LogP contribution in [0.15, 0.2) is 40.6 Å². The van der Waals surface area contributed by atoms with Gasteiger partial charge in [0.15, 0.2) is 0 Å². The van der Waals surface area contributed by atoms with Crippen LogP contribution >= 0.6 is 22.7 Å². The number of alkyl halides is 3. The maximum Gasteiger partial charge on any atom is 0.416 e. The second-order valence-corrected chi connectivity index (χ2v) is 9.86. The van der Waals surface area contributed by atoms with E-state index in [4.69, 9.17) is 0 Å². The Kier molecular flexibility index (Phi) is 5.44. The van der Waals surface area contributed by atoms with E-state index in [2.05, 4.69) is 9.71 Å². The van der Waals surface area contributed by atoms with Crippen LogP contribution in [0.5, 0.6) is 0 Å². The summed E-state index contributed by atoms with van der Waals surface area (Å²) in [4.78, 5) is 5.89. The molecule has 2 heterocycles. The van der Waals surface area contributed by atoms with Crippen molar-refractivity contribution in [2.45, 2.75) is 31.5 Å². The molecule has 0 spiro atoms. The van der Waals surface area contributed by atoms with Crippen molar-refractivity contribution in [3.63, 3.8) is 0 Å². The van der Waals surface area contributed by atoms with Crippen LogP contribution < -0.4 is 4.72 Å². The summed E-state index contributed by atoms with van der Waals surface area (Å²) >= 11 is 2.82. The summed E-state index contributed by atoms with van der Waals surface area (Å²) in [7, 11) is -3.79. The maximum atomic E-state index is 12.6. The first-order chi connectivity index (χ1) is 12.6. The van der Waals surface area contributed by atoms with Crippen molar-refractivity contribution in [1.29, 1.82) is 0 Å². The van der Waals surface area contributed by atoms with E-state index in [0.29, 0.717) is 10.4 Å². The number of benzene rings is 1. The molecule has 144 valence electrons. The second-order valence-electron chi connectivity index (χ2n) is 5.80. The van der Waals surface area contributed by atoms with Crippen LogP contribution in [0.1, 0.15) is 21.0 Å². The van der Waals surface area contributed by atoms with E-state index >= 15 is 0 Å². The molecule has 2 aromatic heterocycles. The first kappa shape index (κ1) is 20.0. The number of nitrogens with zero attached hydrogens (tertiary/aromatic N) is 1. The van der Waals surface area contributed by atoms with E-state index < -0.39 is 21.8 Å². The monoisotopic (exact) mass is 432 g/mol. The Bertz CT molecular complexity index is 1050. The summed E-state index contributed by atoms with van der Waals surface area (Å²) in [5.74, 6) is 0. The van der Waals surface area contributed by atoms with E-state index in [9.17, 15) is 21.6 Å². The van der Waals surface area contributed by atoms with Gasteiger partial charge in [0.2, 0.25) is 10.0 Å². The SMILES string of the molecule is Cc1nc(-c2cc(S(=O)(=O)NCc3ccc(C(F)(F)F)cc3)c(C)s2)cs1. The van der Waals surface area contributed by atoms with Crippen molar-refractivity contribution in [3.8, 4) is 10.6 Å². The van der Waals surface area contributed by atoms with Crippen LogP contribution in [0.3, 0.4) is 0 Å². The minimum Gasteiger partial charge on any atom is -0.241 e. The van der Waals surface area contributed by atoms with Crippen molar-refractivity contribution in [3.05, 3.63) is 56.7 Å². The summed E-state index contributed by atoms with van der Waals surface area (Å²) < 4.78 is 65.4. The topological polar surface area (TPSA) is 59.1 Å². The third-order valence-corrected chi connectivity index (χ3v) is 7.28. The van der Waals surface area contributed by atoms with Gasteiger partial charge >= 0.3 is 6.18 Å². The number of aromatic nitrogens is 1. The smallest absolute Gasteiger partial charge is 0.241 e. The normalized spacial score (nSPS) is 12.5. The molecular weight excluding hydrogens is 417 g/mol. The van der Waals surface area contributed by atoms with Crippen molar-refractivity contribution in [2.24, 2.45) is 0 Å². The highest BCUT2D eigenvalue weighted by atomic mass is 32.2. The molecule has 1 aromatic carbocycles. The number of hydrogen-bond donors (Lipinski definition) is 1. The van der Waals surface area contributed by atoms with E-state index in [0.717, 1.165) is 27.7 Å². The molecule has 0 saturated heterocycles. The predicted octanol–water partition coefficient (Wildman–Crippen LogP) is 4.99. The number of thiazole rings is 1. The summed E-state index contributed by atoms with van der Waals surface area (Å²) in [6.07, 6.45) is -4.42. The van der Waals surface area contributed by atoms with Gasteiger partial charge in [-0.1, -0.05) is 12.1 Å². The highest BCUT2D eigenvalue weighted by molar-refractivity contribution is 7.89. The summed E-state index contributed by atoms with van der Waals surface area (Å²) in [6, 6.07) is 5.96. The Morgan fingerprint density at radius 2 is 1.81 bits per heavy atom. The average Bonchev–Trinajstić information content (AvgIpc) is 3.19. The summed E-state index contributed by atoms with van der Waals surface area (Å²) in [6.45, 7) is 3.49. The van der Waals surface area contributed by atoms with Crippen molar-refractivity contribution < 1.29 is 21.6 Å². The fourth-order valence-corrected chi connectivity index (χ4v) is 5.66. The molecule has 3 aromatic rings. The molecule has 3 rings (SSSR count). The molecule has 0 fully saturated rings. The number of aryl methyl sites for hydroxylation is 2. The van der Waals surface area contributed by atoms with Crippen LogP contribution in [0, 0.1) is 13.8 Å². The third-order valence-electron chi connectivity index (χ3n) is 3.78. The van der Waals surface area contributed by atoms with Gasteiger partial charge in [-0.05, 0) is 37.6 Å². The molecule has 0 atom stereocenters. The van der Waals surface area contributed by atoms with Gasteiger partial charge in [-0.3, -0.25) is 0 Å². The molecular formula is C17H15F3N2O2S3. The van der Waals surface area contributed by atoms with Crippen LogP contribution in [-0.4, -0.2) is 13.4 Å². The average molecular weight is 433 g/mol. The van der Waals surface area contributed by atoms with Crippen molar-refractivity contribution >= 4 is 32.7 Å². The van der Waals surface area contributed by atoms with Gasteiger partial charge in [-0.25, -0.2) is 18.1 Å². The van der Waals surface area contributed by atoms with Gasteiger partial charge in [0, 0.05) is 16.8 Å². The molecule has 0 aliphatic heterocycles. The van der Waals surface area contributed by atoms with Crippen LogP contribution in [0.2, 0.25) is 0 Å². The lowest BCUT2D eigenvalue weighted by molar-refractivity contribution is -0.137. The predicted molar refractivity (Wildman–Crippen MR) is 100 cm³/mol. The lowest BCUT2D eigenvalue weighted by Crippen LogP contribution is -2.23. The van der Waals surface area contributed by atoms with Crippen LogP contribution in [-0.2, 0) is 22.7 Å². The van der Waals surface area contributed by atoms with E-state index in [1.54, 1.807) is 13.0 Å². The van der Waals surface area contributed by atoms with Gasteiger partial charge in [0.25, 0.3) is 0 Å². The molecule has 0 aliphatic rings. The number of sulfonamides is 1. The Labute approximate surface area is 162 Å². The van der Waals surface area contributed by atoms with Crippen LogP contribution in [0.25, 0.3) is 10.6 Å². The molecule has 0 bridgehead atoms. The zero-order valence-corrected chi connectivity index (χ0v) is 16.7. The lowest BCUT2D eigenvalue weighted by atomic mass is 10.1. The van der Waals surface area contributed by atoms with Gasteiger partial charge < -0.3 is 0 Å². The largest absolute Gasteiger partial charge is 0.416 e. The fraction of sp³-hybridized carbons (Fsp3) is 0.235. The van der Waals surface area contributed by atoms with Gasteiger partial charge in [0.05, 0.1) is 26.0 Å². The molecule has 0 unspecified atom stereocenters. The highest BCUT2D eigenvalue weighted by Gasteiger charge is 2.30. The number of hydrogen-bond acceptors (Lipinski definition) is 5.